The van der Waals surface area contributed by atoms with Crippen LogP contribution in [0.15, 0.2) is 35.5 Å². The van der Waals surface area contributed by atoms with Gasteiger partial charge in [0.1, 0.15) is 11.6 Å². The fraction of sp³-hybridized carbons (Fsp3) is 0.316. The van der Waals surface area contributed by atoms with E-state index >= 15 is 0 Å². The molecule has 1 aromatic heterocycles. The molecule has 0 bridgehead atoms. The van der Waals surface area contributed by atoms with Crippen LogP contribution in [0.5, 0.6) is 11.5 Å². The lowest BCUT2D eigenvalue weighted by molar-refractivity contribution is 0.354. The third-order valence-electron chi connectivity index (χ3n) is 3.83. The molecule has 0 spiro atoms. The van der Waals surface area contributed by atoms with Crippen LogP contribution < -0.4 is 15.0 Å². The maximum Gasteiger partial charge on any atom is 0.291 e. The summed E-state index contributed by atoms with van der Waals surface area (Å²) in [6.07, 6.45) is 5.69. The molecule has 2 rings (SSSR count). The molecular formula is C19H22N4O3. The van der Waals surface area contributed by atoms with Crippen LogP contribution in [0, 0.1) is 11.3 Å². The normalized spacial score (nSPS) is 10.6. The van der Waals surface area contributed by atoms with E-state index in [2.05, 4.69) is 4.98 Å². The van der Waals surface area contributed by atoms with Gasteiger partial charge in [-0.05, 0) is 30.2 Å². The second-order valence-electron chi connectivity index (χ2n) is 5.83. The summed E-state index contributed by atoms with van der Waals surface area (Å²) in [4.78, 5) is 17.5. The van der Waals surface area contributed by atoms with Gasteiger partial charge in [0, 0.05) is 26.8 Å². The number of rotatable bonds is 7. The quantitative estimate of drug-likeness (QED) is 0.756. The van der Waals surface area contributed by atoms with Gasteiger partial charge < -0.3 is 18.9 Å². The molecule has 0 aliphatic heterocycles. The van der Waals surface area contributed by atoms with Crippen molar-refractivity contribution in [3.8, 4) is 17.6 Å². The summed E-state index contributed by atoms with van der Waals surface area (Å²) in [6.45, 7) is 0.560. The van der Waals surface area contributed by atoms with Gasteiger partial charge in [0.05, 0.1) is 26.2 Å². The molecule has 1 aromatic carbocycles. The molecule has 7 nitrogen and oxygen atoms in total. The Hall–Kier alpha value is -3.27. The van der Waals surface area contributed by atoms with Gasteiger partial charge in [-0.25, -0.2) is 0 Å². The third-order valence-corrected chi connectivity index (χ3v) is 3.83. The molecular weight excluding hydrogens is 332 g/mol. The summed E-state index contributed by atoms with van der Waals surface area (Å²) in [5, 5.41) is 9.32. The van der Waals surface area contributed by atoms with Crippen molar-refractivity contribution in [1.82, 2.24) is 14.5 Å². The highest BCUT2D eigenvalue weighted by Crippen LogP contribution is 2.27. The Kier molecular flexibility index (Phi) is 6.39. The SMILES string of the molecule is COc1ccc(CCn2cnc(=O)c(C#N)c2/C=C/N(C)C)cc1OC. The van der Waals surface area contributed by atoms with Crippen LogP contribution in [0.25, 0.3) is 6.08 Å². The summed E-state index contributed by atoms with van der Waals surface area (Å²) < 4.78 is 12.4. The number of aromatic nitrogens is 2. The van der Waals surface area contributed by atoms with E-state index in [0.717, 1.165) is 5.56 Å². The average molecular weight is 354 g/mol. The van der Waals surface area contributed by atoms with E-state index in [0.29, 0.717) is 30.2 Å². The predicted molar refractivity (Wildman–Crippen MR) is 99.2 cm³/mol. The number of hydrogen-bond donors (Lipinski definition) is 0. The topological polar surface area (TPSA) is 80.4 Å². The Bertz CT molecular complexity index is 895. The summed E-state index contributed by atoms with van der Waals surface area (Å²) in [5.74, 6) is 1.33. The first kappa shape index (κ1) is 19.1. The molecule has 0 unspecified atom stereocenters. The molecule has 136 valence electrons. The second-order valence-corrected chi connectivity index (χ2v) is 5.83. The van der Waals surface area contributed by atoms with Crippen molar-refractivity contribution in [3.05, 3.63) is 57.9 Å². The van der Waals surface area contributed by atoms with Gasteiger partial charge in [-0.2, -0.15) is 10.2 Å². The summed E-state index contributed by atoms with van der Waals surface area (Å²) >= 11 is 0. The van der Waals surface area contributed by atoms with Crippen LogP contribution in [-0.2, 0) is 13.0 Å². The number of methoxy groups -OCH3 is 2. The molecule has 0 aliphatic rings. The highest BCUT2D eigenvalue weighted by atomic mass is 16.5. The van der Waals surface area contributed by atoms with Crippen LogP contribution in [0.1, 0.15) is 16.8 Å². The van der Waals surface area contributed by atoms with Crippen LogP contribution in [0.2, 0.25) is 0 Å². The number of nitrogens with zero attached hydrogens (tertiary/aromatic N) is 4. The van der Waals surface area contributed by atoms with Crippen LogP contribution in [-0.4, -0.2) is 42.8 Å². The van der Waals surface area contributed by atoms with Gasteiger partial charge in [-0.1, -0.05) is 6.07 Å². The number of aryl methyl sites for hydroxylation is 2. The van der Waals surface area contributed by atoms with Gasteiger partial charge in [0.2, 0.25) is 0 Å². The zero-order valence-corrected chi connectivity index (χ0v) is 15.4. The van der Waals surface area contributed by atoms with E-state index in [1.54, 1.807) is 31.1 Å². The minimum atomic E-state index is -0.520. The summed E-state index contributed by atoms with van der Waals surface area (Å²) in [7, 11) is 6.93. The molecule has 0 amide bonds. The Morgan fingerprint density at radius 1 is 1.27 bits per heavy atom. The number of ether oxygens (including phenoxy) is 2. The molecule has 2 aromatic rings. The first-order valence-electron chi connectivity index (χ1n) is 8.05. The number of nitriles is 1. The van der Waals surface area contributed by atoms with E-state index in [1.165, 1.54) is 6.33 Å². The van der Waals surface area contributed by atoms with Crippen molar-refractivity contribution in [2.45, 2.75) is 13.0 Å². The van der Waals surface area contributed by atoms with Crippen molar-refractivity contribution in [2.24, 2.45) is 0 Å². The van der Waals surface area contributed by atoms with Crippen molar-refractivity contribution >= 4 is 6.08 Å². The maximum atomic E-state index is 11.9. The van der Waals surface area contributed by atoms with E-state index in [1.807, 2.05) is 43.3 Å². The first-order chi connectivity index (χ1) is 12.5. The Morgan fingerprint density at radius 2 is 2.00 bits per heavy atom. The van der Waals surface area contributed by atoms with E-state index in [9.17, 15) is 10.1 Å². The summed E-state index contributed by atoms with van der Waals surface area (Å²) in [6, 6.07) is 7.68. The van der Waals surface area contributed by atoms with Crippen LogP contribution >= 0.6 is 0 Å². The molecule has 0 aliphatic carbocycles. The van der Waals surface area contributed by atoms with Crippen molar-refractivity contribution < 1.29 is 9.47 Å². The monoisotopic (exact) mass is 354 g/mol. The molecule has 0 fully saturated rings. The molecule has 0 N–H and O–H groups in total. The van der Waals surface area contributed by atoms with E-state index in [4.69, 9.17) is 9.47 Å². The van der Waals surface area contributed by atoms with E-state index in [-0.39, 0.29) is 5.56 Å². The molecule has 0 saturated heterocycles. The molecule has 1 heterocycles. The average Bonchev–Trinajstić information content (AvgIpc) is 2.64. The molecule has 0 saturated carbocycles. The Morgan fingerprint density at radius 3 is 2.62 bits per heavy atom. The highest BCUT2D eigenvalue weighted by molar-refractivity contribution is 5.53. The minimum Gasteiger partial charge on any atom is -0.493 e. The first-order valence-corrected chi connectivity index (χ1v) is 8.05. The minimum absolute atomic E-state index is 0.0397. The third kappa shape index (κ3) is 4.42. The number of benzene rings is 1. The highest BCUT2D eigenvalue weighted by Gasteiger charge is 2.11. The van der Waals surface area contributed by atoms with Crippen molar-refractivity contribution in [3.63, 3.8) is 0 Å². The van der Waals surface area contributed by atoms with Crippen LogP contribution in [0.4, 0.5) is 0 Å². The lowest BCUT2D eigenvalue weighted by Gasteiger charge is -2.13. The fourth-order valence-corrected chi connectivity index (χ4v) is 2.47. The molecule has 7 heteroatoms. The largest absolute Gasteiger partial charge is 0.493 e. The van der Waals surface area contributed by atoms with Gasteiger partial charge in [-0.3, -0.25) is 4.79 Å². The number of hydrogen-bond acceptors (Lipinski definition) is 6. The van der Waals surface area contributed by atoms with E-state index < -0.39 is 5.56 Å². The Balaban J connectivity index is 2.32. The van der Waals surface area contributed by atoms with Crippen molar-refractivity contribution in [1.29, 1.82) is 5.26 Å². The lowest BCUT2D eigenvalue weighted by Crippen LogP contribution is -2.19. The fourth-order valence-electron chi connectivity index (χ4n) is 2.47. The Labute approximate surface area is 152 Å². The van der Waals surface area contributed by atoms with Crippen molar-refractivity contribution in [2.75, 3.05) is 28.3 Å². The summed E-state index contributed by atoms with van der Waals surface area (Å²) in [5.41, 5.74) is 1.11. The predicted octanol–water partition coefficient (Wildman–Crippen LogP) is 1.91. The van der Waals surface area contributed by atoms with Crippen LogP contribution in [0.3, 0.4) is 0 Å². The van der Waals surface area contributed by atoms with Gasteiger partial charge in [0.15, 0.2) is 11.5 Å². The molecule has 0 radical (unpaired) electrons. The maximum absolute atomic E-state index is 11.9. The smallest absolute Gasteiger partial charge is 0.291 e. The van der Waals surface area contributed by atoms with Gasteiger partial charge >= 0.3 is 0 Å². The lowest BCUT2D eigenvalue weighted by atomic mass is 10.1. The zero-order valence-electron chi connectivity index (χ0n) is 15.4. The zero-order chi connectivity index (χ0) is 19.1. The van der Waals surface area contributed by atoms with Gasteiger partial charge in [0.25, 0.3) is 5.56 Å². The standard InChI is InChI=1S/C19H22N4O3/c1-22(2)9-8-16-15(12-20)19(24)21-13-23(16)10-7-14-5-6-17(25-3)18(11-14)26-4/h5-6,8-9,11,13H,7,10H2,1-4H3/b9-8+. The molecule has 26 heavy (non-hydrogen) atoms. The molecule has 0 atom stereocenters. The van der Waals surface area contributed by atoms with Gasteiger partial charge in [-0.15, -0.1) is 0 Å². The second kappa shape index (κ2) is 8.72.